The van der Waals surface area contributed by atoms with Gasteiger partial charge in [-0.05, 0) is 54.4 Å². The molecule has 3 aromatic rings. The summed E-state index contributed by atoms with van der Waals surface area (Å²) in [6.45, 7) is -1.14. The van der Waals surface area contributed by atoms with Crippen LogP contribution in [-0.2, 0) is 16.6 Å². The topological polar surface area (TPSA) is 84.5 Å². The van der Waals surface area contributed by atoms with Crippen LogP contribution in [-0.4, -0.2) is 20.9 Å². The van der Waals surface area contributed by atoms with E-state index in [1.807, 2.05) is 18.2 Å². The third-order valence-electron chi connectivity index (χ3n) is 4.41. The summed E-state index contributed by atoms with van der Waals surface area (Å²) >= 11 is 0. The van der Waals surface area contributed by atoms with E-state index in [0.717, 1.165) is 5.56 Å². The molecule has 0 fully saturated rings. The fourth-order valence-corrected chi connectivity index (χ4v) is 3.83. The van der Waals surface area contributed by atoms with Gasteiger partial charge in [-0.1, -0.05) is 36.4 Å². The predicted molar refractivity (Wildman–Crippen MR) is 113 cm³/mol. The van der Waals surface area contributed by atoms with E-state index >= 15 is 0 Å². The lowest BCUT2D eigenvalue weighted by molar-refractivity contribution is -0.0498. The van der Waals surface area contributed by atoms with Gasteiger partial charge in [0.25, 0.3) is 5.91 Å². The average molecular weight is 446 g/mol. The number of sulfonamides is 1. The van der Waals surface area contributed by atoms with Crippen LogP contribution in [0.4, 0.5) is 14.5 Å². The zero-order valence-electron chi connectivity index (χ0n) is 16.5. The van der Waals surface area contributed by atoms with Crippen molar-refractivity contribution in [3.05, 3.63) is 89.5 Å². The third-order valence-corrected chi connectivity index (χ3v) is 5.81. The first-order valence-corrected chi connectivity index (χ1v) is 10.7. The molecule has 2 N–H and O–H groups in total. The minimum Gasteiger partial charge on any atom is -0.435 e. The van der Waals surface area contributed by atoms with Crippen LogP contribution in [0.3, 0.4) is 0 Å². The molecule has 0 spiro atoms. The minimum atomic E-state index is -3.84. The summed E-state index contributed by atoms with van der Waals surface area (Å²) in [5.74, 6) is -0.568. The van der Waals surface area contributed by atoms with Gasteiger partial charge < -0.3 is 10.1 Å². The summed E-state index contributed by atoms with van der Waals surface area (Å²) in [5.41, 5.74) is 1.91. The molecule has 0 aliphatic heterocycles. The van der Waals surface area contributed by atoms with Crippen LogP contribution in [0.1, 0.15) is 21.5 Å². The Morgan fingerprint density at radius 2 is 1.68 bits per heavy atom. The second-order valence-electron chi connectivity index (χ2n) is 6.64. The maximum absolute atomic E-state index is 12.7. The molecule has 31 heavy (non-hydrogen) atoms. The molecule has 3 rings (SSSR count). The number of alkyl halides is 2. The Balaban J connectivity index is 1.74. The van der Waals surface area contributed by atoms with E-state index in [0.29, 0.717) is 11.3 Å². The number of amides is 1. The van der Waals surface area contributed by atoms with E-state index < -0.39 is 22.5 Å². The Kier molecular flexibility index (Phi) is 6.98. The molecule has 0 radical (unpaired) electrons. The number of rotatable bonds is 8. The minimum absolute atomic E-state index is 0.0400. The highest BCUT2D eigenvalue weighted by Crippen LogP contribution is 2.21. The molecule has 0 saturated carbocycles. The Morgan fingerprint density at radius 1 is 1.00 bits per heavy atom. The quantitative estimate of drug-likeness (QED) is 0.540. The first-order valence-electron chi connectivity index (χ1n) is 9.25. The molecule has 0 unspecified atom stereocenters. The summed E-state index contributed by atoms with van der Waals surface area (Å²) in [7, 11) is -3.84. The van der Waals surface area contributed by atoms with Gasteiger partial charge in [-0.3, -0.25) is 4.79 Å². The van der Waals surface area contributed by atoms with Crippen molar-refractivity contribution in [2.24, 2.45) is 0 Å². The van der Waals surface area contributed by atoms with E-state index in [9.17, 15) is 22.0 Å². The van der Waals surface area contributed by atoms with Crippen LogP contribution < -0.4 is 14.8 Å². The van der Waals surface area contributed by atoms with Gasteiger partial charge in [-0.2, -0.15) is 8.78 Å². The molecule has 9 heteroatoms. The monoisotopic (exact) mass is 446 g/mol. The van der Waals surface area contributed by atoms with E-state index in [1.54, 1.807) is 25.1 Å². The molecule has 0 atom stereocenters. The summed E-state index contributed by atoms with van der Waals surface area (Å²) in [4.78, 5) is 12.6. The normalized spacial score (nSPS) is 11.4. The van der Waals surface area contributed by atoms with E-state index in [4.69, 9.17) is 0 Å². The first kappa shape index (κ1) is 22.4. The molecule has 162 valence electrons. The standard InChI is InChI=1S/C22H20F2N2O4S/c1-15-7-12-19(31(28,29)25-14-16-5-3-2-4-6-16)13-20(15)21(27)26-17-8-10-18(11-9-17)30-22(23)24/h2-13,22,25H,14H2,1H3,(H,26,27). The number of hydrogen-bond donors (Lipinski definition) is 2. The van der Waals surface area contributed by atoms with Crippen molar-refractivity contribution in [1.29, 1.82) is 0 Å². The van der Waals surface area contributed by atoms with E-state index in [2.05, 4.69) is 14.8 Å². The van der Waals surface area contributed by atoms with E-state index in [1.165, 1.54) is 36.4 Å². The molecule has 0 saturated heterocycles. The van der Waals surface area contributed by atoms with Gasteiger partial charge in [0.05, 0.1) is 4.90 Å². The highest BCUT2D eigenvalue weighted by atomic mass is 32.2. The van der Waals surface area contributed by atoms with Crippen LogP contribution in [0.5, 0.6) is 5.75 Å². The van der Waals surface area contributed by atoms with Gasteiger partial charge in [-0.25, -0.2) is 13.1 Å². The van der Waals surface area contributed by atoms with Crippen molar-refractivity contribution in [2.45, 2.75) is 25.0 Å². The van der Waals surface area contributed by atoms with Crippen LogP contribution in [0.25, 0.3) is 0 Å². The number of anilines is 1. The molecule has 0 aromatic heterocycles. The fourth-order valence-electron chi connectivity index (χ4n) is 2.79. The first-order chi connectivity index (χ1) is 14.7. The van der Waals surface area contributed by atoms with Gasteiger partial charge in [0.15, 0.2) is 0 Å². The molecular weight excluding hydrogens is 426 g/mol. The number of nitrogens with one attached hydrogen (secondary N) is 2. The zero-order chi connectivity index (χ0) is 22.4. The summed E-state index contributed by atoms with van der Waals surface area (Å²) in [6, 6.07) is 18.7. The summed E-state index contributed by atoms with van der Waals surface area (Å²) in [6.07, 6.45) is 0. The molecule has 0 aliphatic rings. The van der Waals surface area contributed by atoms with Gasteiger partial charge in [0.2, 0.25) is 10.0 Å². The van der Waals surface area contributed by atoms with Crippen molar-refractivity contribution in [3.8, 4) is 5.75 Å². The smallest absolute Gasteiger partial charge is 0.387 e. The lowest BCUT2D eigenvalue weighted by Crippen LogP contribution is -2.24. The Labute approximate surface area is 178 Å². The van der Waals surface area contributed by atoms with Crippen molar-refractivity contribution in [2.75, 3.05) is 5.32 Å². The van der Waals surface area contributed by atoms with Crippen LogP contribution in [0, 0.1) is 6.92 Å². The number of halogens is 2. The van der Waals surface area contributed by atoms with Crippen LogP contribution in [0.15, 0.2) is 77.7 Å². The Hall–Kier alpha value is -3.30. The number of ether oxygens (including phenoxy) is 1. The number of benzene rings is 3. The molecule has 1 amide bonds. The molecular formula is C22H20F2N2O4S. The molecule has 0 bridgehead atoms. The number of aryl methyl sites for hydroxylation is 1. The summed E-state index contributed by atoms with van der Waals surface area (Å²) in [5, 5.41) is 2.62. The molecule has 6 nitrogen and oxygen atoms in total. The van der Waals surface area contributed by atoms with Crippen molar-refractivity contribution >= 4 is 21.6 Å². The Bertz CT molecular complexity index is 1150. The van der Waals surface area contributed by atoms with E-state index in [-0.39, 0.29) is 22.8 Å². The number of hydrogen-bond acceptors (Lipinski definition) is 4. The zero-order valence-corrected chi connectivity index (χ0v) is 17.3. The largest absolute Gasteiger partial charge is 0.435 e. The SMILES string of the molecule is Cc1ccc(S(=O)(=O)NCc2ccccc2)cc1C(=O)Nc1ccc(OC(F)F)cc1. The maximum Gasteiger partial charge on any atom is 0.387 e. The lowest BCUT2D eigenvalue weighted by Gasteiger charge is -2.12. The highest BCUT2D eigenvalue weighted by Gasteiger charge is 2.18. The number of carbonyl (C=O) groups is 1. The van der Waals surface area contributed by atoms with Gasteiger partial charge >= 0.3 is 6.61 Å². The second-order valence-corrected chi connectivity index (χ2v) is 8.41. The summed E-state index contributed by atoms with van der Waals surface area (Å²) < 4.78 is 56.6. The number of carbonyl (C=O) groups excluding carboxylic acids is 1. The molecule has 0 heterocycles. The van der Waals surface area contributed by atoms with Gasteiger partial charge in [0.1, 0.15) is 5.75 Å². The van der Waals surface area contributed by atoms with Crippen LogP contribution >= 0.6 is 0 Å². The van der Waals surface area contributed by atoms with Crippen LogP contribution in [0.2, 0.25) is 0 Å². The van der Waals surface area contributed by atoms with Gasteiger partial charge in [0, 0.05) is 17.8 Å². The van der Waals surface area contributed by atoms with Crippen molar-refractivity contribution in [1.82, 2.24) is 4.72 Å². The average Bonchev–Trinajstić information content (AvgIpc) is 2.74. The van der Waals surface area contributed by atoms with Crippen molar-refractivity contribution in [3.63, 3.8) is 0 Å². The van der Waals surface area contributed by atoms with Crippen molar-refractivity contribution < 1.29 is 26.7 Å². The Morgan fingerprint density at radius 3 is 2.32 bits per heavy atom. The fraction of sp³-hybridized carbons (Fsp3) is 0.136. The predicted octanol–water partition coefficient (Wildman–Crippen LogP) is 4.33. The molecule has 3 aromatic carbocycles. The van der Waals surface area contributed by atoms with Gasteiger partial charge in [-0.15, -0.1) is 0 Å². The maximum atomic E-state index is 12.7. The molecule has 0 aliphatic carbocycles. The lowest BCUT2D eigenvalue weighted by atomic mass is 10.1. The second kappa shape index (κ2) is 9.67. The highest BCUT2D eigenvalue weighted by molar-refractivity contribution is 7.89. The third kappa shape index (κ3) is 6.09.